The maximum Gasteiger partial charge on any atom is 0.0620 e. The Hall–Kier alpha value is -4.10. The summed E-state index contributed by atoms with van der Waals surface area (Å²) < 4.78 is 2.56. The molecular weight excluding hydrogens is 446 g/mol. The second-order valence-electron chi connectivity index (χ2n) is 12.2. The van der Waals surface area contributed by atoms with Crippen molar-refractivity contribution in [3.63, 3.8) is 0 Å². The fraction of sp³-hybridized carbons (Fsp3) is 0.167. The first-order valence-electron chi connectivity index (χ1n) is 13.4. The van der Waals surface area contributed by atoms with Crippen LogP contribution in [0.25, 0.3) is 60.3 Å². The van der Waals surface area contributed by atoms with E-state index in [0.29, 0.717) is 0 Å². The Morgan fingerprint density at radius 3 is 1.97 bits per heavy atom. The van der Waals surface area contributed by atoms with E-state index in [9.17, 15) is 0 Å². The van der Waals surface area contributed by atoms with Crippen molar-refractivity contribution in [2.24, 2.45) is 0 Å². The lowest BCUT2D eigenvalue weighted by Crippen LogP contribution is -2.14. The second kappa shape index (κ2) is 6.06. The molecule has 0 unspecified atom stereocenters. The number of rotatable bonds is 0. The van der Waals surface area contributed by atoms with Crippen molar-refractivity contribution >= 4 is 38.1 Å². The van der Waals surface area contributed by atoms with E-state index < -0.39 is 0 Å². The van der Waals surface area contributed by atoms with Gasteiger partial charge in [0.2, 0.25) is 0 Å². The average molecular weight is 474 g/mol. The summed E-state index contributed by atoms with van der Waals surface area (Å²) in [6, 6.07) is 34.6. The third-order valence-corrected chi connectivity index (χ3v) is 9.73. The van der Waals surface area contributed by atoms with Gasteiger partial charge in [-0.05, 0) is 62.7 Å². The second-order valence-corrected chi connectivity index (χ2v) is 12.2. The van der Waals surface area contributed by atoms with E-state index >= 15 is 0 Å². The highest BCUT2D eigenvalue weighted by Gasteiger charge is 2.38. The van der Waals surface area contributed by atoms with Crippen LogP contribution in [-0.2, 0) is 10.8 Å². The molecule has 2 aliphatic rings. The zero-order valence-electron chi connectivity index (χ0n) is 21.6. The normalized spacial score (nSPS) is 16.5. The predicted molar refractivity (Wildman–Crippen MR) is 156 cm³/mol. The minimum absolute atomic E-state index is 0.00476. The molecule has 9 rings (SSSR count). The summed E-state index contributed by atoms with van der Waals surface area (Å²) in [7, 11) is 0. The summed E-state index contributed by atoms with van der Waals surface area (Å²) in [5.74, 6) is 0. The molecule has 7 aromatic rings. The quantitative estimate of drug-likeness (QED) is 0.207. The van der Waals surface area contributed by atoms with Gasteiger partial charge in [-0.1, -0.05) is 100 Å². The minimum atomic E-state index is -0.0119. The summed E-state index contributed by atoms with van der Waals surface area (Å²) in [6.45, 7) is 9.50. The number of aromatic nitrogens is 1. The van der Waals surface area contributed by atoms with Crippen LogP contribution in [0, 0.1) is 0 Å². The largest absolute Gasteiger partial charge is 0.308 e. The van der Waals surface area contributed by atoms with Crippen LogP contribution in [0.15, 0.2) is 91.0 Å². The molecule has 2 aromatic heterocycles. The molecule has 0 fully saturated rings. The Kier molecular flexibility index (Phi) is 3.28. The van der Waals surface area contributed by atoms with Gasteiger partial charge in [0, 0.05) is 32.4 Å². The Morgan fingerprint density at radius 2 is 1.16 bits per heavy atom. The van der Waals surface area contributed by atoms with Gasteiger partial charge in [0.1, 0.15) is 0 Å². The molecule has 0 aliphatic heterocycles. The monoisotopic (exact) mass is 473 g/mol. The van der Waals surface area contributed by atoms with E-state index in [4.69, 9.17) is 0 Å². The Labute approximate surface area is 216 Å². The molecule has 0 saturated carbocycles. The SMILES string of the molecule is CC1(C)c2ccccc2-c2cc3c4cccc5c6c7c(ccc6n(c3cc21)c45)C(C)(C)c1ccccc1-7. The molecule has 0 amide bonds. The Morgan fingerprint density at radius 1 is 0.486 bits per heavy atom. The van der Waals surface area contributed by atoms with Crippen LogP contribution in [0.2, 0.25) is 0 Å². The third-order valence-electron chi connectivity index (χ3n) is 9.73. The summed E-state index contributed by atoms with van der Waals surface area (Å²) in [6.07, 6.45) is 0. The summed E-state index contributed by atoms with van der Waals surface area (Å²) in [5.41, 5.74) is 15.3. The van der Waals surface area contributed by atoms with Crippen LogP contribution in [0.4, 0.5) is 0 Å². The van der Waals surface area contributed by atoms with Crippen molar-refractivity contribution in [1.82, 2.24) is 4.40 Å². The van der Waals surface area contributed by atoms with Crippen molar-refractivity contribution in [2.45, 2.75) is 38.5 Å². The predicted octanol–water partition coefficient (Wildman–Crippen LogP) is 9.45. The van der Waals surface area contributed by atoms with E-state index in [1.54, 1.807) is 0 Å². The molecule has 2 aliphatic carbocycles. The molecule has 0 atom stereocenters. The van der Waals surface area contributed by atoms with Gasteiger partial charge in [0.15, 0.2) is 0 Å². The number of para-hydroxylation sites is 1. The van der Waals surface area contributed by atoms with Gasteiger partial charge >= 0.3 is 0 Å². The lowest BCUT2D eigenvalue weighted by molar-refractivity contribution is 0.660. The van der Waals surface area contributed by atoms with Crippen molar-refractivity contribution in [2.75, 3.05) is 0 Å². The lowest BCUT2D eigenvalue weighted by atomic mass is 9.82. The van der Waals surface area contributed by atoms with Gasteiger partial charge in [-0.25, -0.2) is 0 Å². The fourth-order valence-electron chi connectivity index (χ4n) is 7.95. The van der Waals surface area contributed by atoms with Crippen LogP contribution in [0.3, 0.4) is 0 Å². The van der Waals surface area contributed by atoms with Gasteiger partial charge in [-0.15, -0.1) is 0 Å². The van der Waals surface area contributed by atoms with Crippen LogP contribution < -0.4 is 0 Å². The van der Waals surface area contributed by atoms with Gasteiger partial charge in [-0.3, -0.25) is 0 Å². The minimum Gasteiger partial charge on any atom is -0.308 e. The molecule has 1 heteroatoms. The number of nitrogens with zero attached hydrogens (tertiary/aromatic N) is 1. The number of hydrogen-bond donors (Lipinski definition) is 0. The molecule has 5 aromatic carbocycles. The summed E-state index contributed by atoms with van der Waals surface area (Å²) >= 11 is 0. The molecule has 37 heavy (non-hydrogen) atoms. The maximum absolute atomic E-state index is 2.56. The molecule has 0 radical (unpaired) electrons. The Balaban J connectivity index is 1.49. The van der Waals surface area contributed by atoms with Crippen LogP contribution >= 0.6 is 0 Å². The van der Waals surface area contributed by atoms with Crippen molar-refractivity contribution in [1.29, 1.82) is 0 Å². The Bertz CT molecular complexity index is 2130. The third kappa shape index (κ3) is 2.09. The molecule has 176 valence electrons. The van der Waals surface area contributed by atoms with Gasteiger partial charge in [-0.2, -0.15) is 0 Å². The average Bonchev–Trinajstić information content (AvgIpc) is 3.56. The maximum atomic E-state index is 2.56. The van der Waals surface area contributed by atoms with Crippen molar-refractivity contribution < 1.29 is 0 Å². The van der Waals surface area contributed by atoms with Gasteiger partial charge in [0.25, 0.3) is 0 Å². The topological polar surface area (TPSA) is 4.41 Å². The highest BCUT2D eigenvalue weighted by Crippen LogP contribution is 2.55. The first-order chi connectivity index (χ1) is 17.9. The first kappa shape index (κ1) is 20.0. The molecule has 0 bridgehead atoms. The zero-order valence-corrected chi connectivity index (χ0v) is 21.6. The molecule has 0 saturated heterocycles. The molecular formula is C36H27N. The number of hydrogen-bond acceptors (Lipinski definition) is 0. The standard InChI is InChI=1S/C36H27N/c1-35(2)27-15-8-6-11-22(27)32-28(35)16-17-30-33(32)23-13-9-12-21-25-18-24-20-10-5-7-14-26(20)36(3,4)29(24)19-31(25)37(30)34(21)23/h5-19H,1-4H3. The van der Waals surface area contributed by atoms with E-state index in [1.807, 2.05) is 0 Å². The first-order valence-corrected chi connectivity index (χ1v) is 13.4. The van der Waals surface area contributed by atoms with Gasteiger partial charge in [0.05, 0.1) is 16.6 Å². The molecule has 0 N–H and O–H groups in total. The molecule has 0 spiro atoms. The zero-order chi connectivity index (χ0) is 24.8. The number of benzene rings is 5. The van der Waals surface area contributed by atoms with E-state index in [1.165, 1.54) is 82.6 Å². The van der Waals surface area contributed by atoms with E-state index in [0.717, 1.165) is 0 Å². The lowest BCUT2D eigenvalue weighted by Gasteiger charge is -2.21. The van der Waals surface area contributed by atoms with Crippen LogP contribution in [-0.4, -0.2) is 4.40 Å². The smallest absolute Gasteiger partial charge is 0.0620 e. The molecule has 1 nitrogen and oxygen atoms in total. The summed E-state index contributed by atoms with van der Waals surface area (Å²) in [4.78, 5) is 0. The van der Waals surface area contributed by atoms with E-state index in [-0.39, 0.29) is 10.8 Å². The van der Waals surface area contributed by atoms with E-state index in [2.05, 4.69) is 123 Å². The molecule has 2 heterocycles. The summed E-state index contributed by atoms with van der Waals surface area (Å²) in [5, 5.41) is 5.48. The fourth-order valence-corrected chi connectivity index (χ4v) is 7.95. The highest BCUT2D eigenvalue weighted by molar-refractivity contribution is 6.27. The number of fused-ring (bicyclic) bond motifs is 13. The van der Waals surface area contributed by atoms with Gasteiger partial charge < -0.3 is 4.40 Å². The highest BCUT2D eigenvalue weighted by atomic mass is 14.9. The van der Waals surface area contributed by atoms with Crippen LogP contribution in [0.5, 0.6) is 0 Å². The van der Waals surface area contributed by atoms with Crippen LogP contribution in [0.1, 0.15) is 49.9 Å². The van der Waals surface area contributed by atoms with Crippen molar-refractivity contribution in [3.05, 3.63) is 113 Å². The van der Waals surface area contributed by atoms with Crippen molar-refractivity contribution in [3.8, 4) is 22.3 Å².